The number of rotatable bonds is 3. The lowest BCUT2D eigenvalue weighted by atomic mass is 10.1. The molecule has 0 aliphatic heterocycles. The molecule has 130 valence electrons. The van der Waals surface area contributed by atoms with Crippen LogP contribution in [0.4, 0.5) is 17.3 Å². The summed E-state index contributed by atoms with van der Waals surface area (Å²) in [4.78, 5) is 9.07. The normalized spacial score (nSPS) is 11.1. The monoisotopic (exact) mass is 352 g/mol. The molecular formula is C21H16N6. The Kier molecular flexibility index (Phi) is 3.47. The summed E-state index contributed by atoms with van der Waals surface area (Å²) in [6.45, 7) is 0. The molecule has 5 rings (SSSR count). The molecule has 5 aromatic rings. The van der Waals surface area contributed by atoms with Crippen molar-refractivity contribution >= 4 is 39.1 Å². The summed E-state index contributed by atoms with van der Waals surface area (Å²) in [6, 6.07) is 21.9. The number of nitrogens with zero attached hydrogens (tertiary/aromatic N) is 4. The van der Waals surface area contributed by atoms with Crippen molar-refractivity contribution in [1.29, 1.82) is 0 Å². The summed E-state index contributed by atoms with van der Waals surface area (Å²) in [5, 5.41) is 10.9. The van der Waals surface area contributed by atoms with Crippen molar-refractivity contribution in [2.24, 2.45) is 0 Å². The largest absolute Gasteiger partial charge is 0.399 e. The molecule has 0 aliphatic rings. The summed E-state index contributed by atoms with van der Waals surface area (Å²) >= 11 is 0. The molecule has 2 heterocycles. The number of nitrogens with one attached hydrogen (secondary N) is 1. The zero-order chi connectivity index (χ0) is 18.2. The molecule has 0 radical (unpaired) electrons. The molecule has 0 amide bonds. The zero-order valence-corrected chi connectivity index (χ0v) is 14.4. The zero-order valence-electron chi connectivity index (χ0n) is 14.4. The van der Waals surface area contributed by atoms with E-state index >= 15 is 0 Å². The highest BCUT2D eigenvalue weighted by atomic mass is 15.3. The fourth-order valence-electron chi connectivity index (χ4n) is 3.14. The fourth-order valence-corrected chi connectivity index (χ4v) is 3.14. The highest BCUT2D eigenvalue weighted by Gasteiger charge is 2.11. The highest BCUT2D eigenvalue weighted by molar-refractivity contribution is 5.91. The van der Waals surface area contributed by atoms with Gasteiger partial charge in [0, 0.05) is 23.0 Å². The second-order valence-electron chi connectivity index (χ2n) is 6.27. The van der Waals surface area contributed by atoms with E-state index in [1.807, 2.05) is 53.2 Å². The maximum absolute atomic E-state index is 5.74. The maximum Gasteiger partial charge on any atom is 0.229 e. The molecule has 0 atom stereocenters. The quantitative estimate of drug-likeness (QED) is 0.473. The van der Waals surface area contributed by atoms with Crippen LogP contribution in [0.15, 0.2) is 79.1 Å². The van der Waals surface area contributed by atoms with Crippen LogP contribution in [-0.4, -0.2) is 19.7 Å². The number of anilines is 3. The Morgan fingerprint density at radius 2 is 1.63 bits per heavy atom. The van der Waals surface area contributed by atoms with Gasteiger partial charge in [-0.2, -0.15) is 10.1 Å². The van der Waals surface area contributed by atoms with Gasteiger partial charge in [-0.3, -0.25) is 0 Å². The number of hydrogen-bond acceptors (Lipinski definition) is 5. The first-order chi connectivity index (χ1) is 13.3. The Labute approximate surface area is 155 Å². The Morgan fingerprint density at radius 3 is 2.52 bits per heavy atom. The lowest BCUT2D eigenvalue weighted by Gasteiger charge is -2.09. The Hall–Kier alpha value is -3.93. The van der Waals surface area contributed by atoms with Crippen molar-refractivity contribution in [3.05, 3.63) is 79.1 Å². The van der Waals surface area contributed by atoms with E-state index in [0.717, 1.165) is 33.2 Å². The molecule has 3 N–H and O–H groups in total. The van der Waals surface area contributed by atoms with Crippen LogP contribution in [0.25, 0.3) is 27.5 Å². The first-order valence-electron chi connectivity index (χ1n) is 8.59. The topological polar surface area (TPSA) is 81.6 Å². The molecule has 2 aromatic heterocycles. The van der Waals surface area contributed by atoms with E-state index in [1.54, 1.807) is 12.4 Å². The van der Waals surface area contributed by atoms with Gasteiger partial charge in [-0.05, 0) is 35.7 Å². The minimum absolute atomic E-state index is 0.509. The van der Waals surface area contributed by atoms with Crippen molar-refractivity contribution in [3.8, 4) is 5.69 Å². The van der Waals surface area contributed by atoms with Crippen LogP contribution in [0, 0.1) is 0 Å². The first-order valence-corrected chi connectivity index (χ1v) is 8.59. The van der Waals surface area contributed by atoms with Gasteiger partial charge in [0.15, 0.2) is 5.65 Å². The van der Waals surface area contributed by atoms with Crippen LogP contribution in [-0.2, 0) is 0 Å². The van der Waals surface area contributed by atoms with Gasteiger partial charge in [0.1, 0.15) is 0 Å². The third-order valence-corrected chi connectivity index (χ3v) is 4.47. The average Bonchev–Trinajstić information content (AvgIpc) is 3.12. The van der Waals surface area contributed by atoms with Gasteiger partial charge < -0.3 is 11.1 Å². The molecule has 6 nitrogen and oxygen atoms in total. The second-order valence-corrected chi connectivity index (χ2v) is 6.27. The Bertz CT molecular complexity index is 1250. The molecule has 3 aromatic carbocycles. The second kappa shape index (κ2) is 6.10. The summed E-state index contributed by atoms with van der Waals surface area (Å²) in [6.07, 6.45) is 3.56. The van der Waals surface area contributed by atoms with E-state index in [1.165, 1.54) is 0 Å². The molecule has 0 aliphatic carbocycles. The van der Waals surface area contributed by atoms with Gasteiger partial charge in [-0.1, -0.05) is 36.4 Å². The van der Waals surface area contributed by atoms with E-state index < -0.39 is 0 Å². The van der Waals surface area contributed by atoms with Crippen molar-refractivity contribution in [2.75, 3.05) is 11.1 Å². The van der Waals surface area contributed by atoms with E-state index in [9.17, 15) is 0 Å². The number of fused-ring (bicyclic) bond motifs is 2. The summed E-state index contributed by atoms with van der Waals surface area (Å²) in [7, 11) is 0. The minimum Gasteiger partial charge on any atom is -0.399 e. The van der Waals surface area contributed by atoms with Crippen molar-refractivity contribution in [3.63, 3.8) is 0 Å². The van der Waals surface area contributed by atoms with Gasteiger partial charge in [0.25, 0.3) is 0 Å². The van der Waals surface area contributed by atoms with E-state index in [2.05, 4.69) is 38.6 Å². The van der Waals surface area contributed by atoms with Crippen LogP contribution >= 0.6 is 0 Å². The van der Waals surface area contributed by atoms with E-state index in [-0.39, 0.29) is 0 Å². The molecule has 0 bridgehead atoms. The third kappa shape index (κ3) is 2.73. The molecule has 0 saturated heterocycles. The smallest absolute Gasteiger partial charge is 0.229 e. The van der Waals surface area contributed by atoms with Crippen LogP contribution in [0.1, 0.15) is 0 Å². The number of hydrogen-bond donors (Lipinski definition) is 2. The molecule has 0 saturated carbocycles. The Morgan fingerprint density at radius 1 is 0.815 bits per heavy atom. The number of aromatic nitrogens is 4. The third-order valence-electron chi connectivity index (χ3n) is 4.47. The first kappa shape index (κ1) is 15.3. The van der Waals surface area contributed by atoms with Crippen molar-refractivity contribution < 1.29 is 0 Å². The van der Waals surface area contributed by atoms with Gasteiger partial charge in [0.2, 0.25) is 5.95 Å². The Balaban J connectivity index is 1.62. The molecule has 0 spiro atoms. The lowest BCUT2D eigenvalue weighted by Crippen LogP contribution is -2.02. The predicted molar refractivity (Wildman–Crippen MR) is 108 cm³/mol. The average molecular weight is 352 g/mol. The van der Waals surface area contributed by atoms with Crippen LogP contribution in [0.3, 0.4) is 0 Å². The minimum atomic E-state index is 0.509. The van der Waals surface area contributed by atoms with Gasteiger partial charge in [-0.25, -0.2) is 9.67 Å². The number of nitrogens with two attached hydrogens (primary N) is 1. The van der Waals surface area contributed by atoms with Crippen LogP contribution in [0.2, 0.25) is 0 Å². The summed E-state index contributed by atoms with van der Waals surface area (Å²) < 4.78 is 1.85. The number of benzene rings is 3. The van der Waals surface area contributed by atoms with Crippen LogP contribution < -0.4 is 11.1 Å². The van der Waals surface area contributed by atoms with E-state index in [0.29, 0.717) is 11.6 Å². The van der Waals surface area contributed by atoms with Gasteiger partial charge in [0.05, 0.1) is 17.3 Å². The molecular weight excluding hydrogens is 336 g/mol. The predicted octanol–water partition coefficient (Wildman–Crippen LogP) is 4.29. The fraction of sp³-hybridized carbons (Fsp3) is 0. The SMILES string of the molecule is Nc1ccc(Nc2ncc3cnn(-c4cccc5ccccc45)c3n2)cc1. The molecule has 27 heavy (non-hydrogen) atoms. The molecule has 0 unspecified atom stereocenters. The standard InChI is InChI=1S/C21H16N6/c22-16-8-10-17(11-9-16)25-21-23-12-15-13-24-27(20(15)26-21)19-7-3-5-14-4-1-2-6-18(14)19/h1-13H,22H2,(H,23,25,26). The van der Waals surface area contributed by atoms with Gasteiger partial charge >= 0.3 is 0 Å². The molecule has 6 heteroatoms. The lowest BCUT2D eigenvalue weighted by molar-refractivity contribution is 0.903. The number of nitrogen functional groups attached to an aromatic ring is 1. The molecule has 0 fully saturated rings. The summed E-state index contributed by atoms with van der Waals surface area (Å²) in [5.74, 6) is 0.509. The van der Waals surface area contributed by atoms with E-state index in [4.69, 9.17) is 5.73 Å². The van der Waals surface area contributed by atoms with Crippen molar-refractivity contribution in [2.45, 2.75) is 0 Å². The highest BCUT2D eigenvalue weighted by Crippen LogP contribution is 2.25. The maximum atomic E-state index is 5.74. The summed E-state index contributed by atoms with van der Waals surface area (Å²) in [5.41, 5.74) is 9.06. The van der Waals surface area contributed by atoms with Crippen LogP contribution in [0.5, 0.6) is 0 Å². The van der Waals surface area contributed by atoms with Crippen molar-refractivity contribution in [1.82, 2.24) is 19.7 Å². The van der Waals surface area contributed by atoms with Gasteiger partial charge in [-0.15, -0.1) is 0 Å².